The summed E-state index contributed by atoms with van der Waals surface area (Å²) in [5.74, 6) is -2.06. The number of carbonyl (C=O) groups excluding carboxylic acids is 1. The Morgan fingerprint density at radius 2 is 1.97 bits per heavy atom. The summed E-state index contributed by atoms with van der Waals surface area (Å²) in [5.41, 5.74) is -0.294. The highest BCUT2D eigenvalue weighted by atomic mass is 32.1. The van der Waals surface area contributed by atoms with E-state index in [-0.39, 0.29) is 39.5 Å². The molecule has 1 amide bonds. The van der Waals surface area contributed by atoms with Gasteiger partial charge in [0.1, 0.15) is 5.39 Å². The number of nitrogens with one attached hydrogen (secondary N) is 1. The van der Waals surface area contributed by atoms with E-state index in [4.69, 9.17) is 4.42 Å². The fourth-order valence-corrected chi connectivity index (χ4v) is 4.03. The lowest BCUT2D eigenvalue weighted by Crippen LogP contribution is -2.36. The molecule has 0 saturated carbocycles. The zero-order valence-corrected chi connectivity index (χ0v) is 18.9. The predicted molar refractivity (Wildman–Crippen MR) is 118 cm³/mol. The Hall–Kier alpha value is -3.94. The summed E-state index contributed by atoms with van der Waals surface area (Å²) in [4.78, 5) is 41.2. The lowest BCUT2D eigenvalue weighted by atomic mass is 10.1. The quantitative estimate of drug-likeness (QED) is 0.398. The number of nitrogens with zero attached hydrogens (tertiary/aromatic N) is 3. The second-order valence-electron chi connectivity index (χ2n) is 7.46. The van der Waals surface area contributed by atoms with E-state index in [2.05, 4.69) is 15.0 Å². The first-order chi connectivity index (χ1) is 16.4. The van der Waals surface area contributed by atoms with Crippen LogP contribution in [-0.4, -0.2) is 32.8 Å². The number of fused-ring (bicyclic) bond motifs is 1. The monoisotopic (exact) mass is 512 g/mol. The van der Waals surface area contributed by atoms with Crippen molar-refractivity contribution in [2.24, 2.45) is 14.1 Å². The first-order valence-electron chi connectivity index (χ1n) is 9.85. The van der Waals surface area contributed by atoms with Crippen LogP contribution in [0.15, 0.2) is 43.8 Å². The van der Waals surface area contributed by atoms with Crippen molar-refractivity contribution in [3.63, 3.8) is 0 Å². The molecule has 0 aliphatic heterocycles. The Labute approximate surface area is 197 Å². The molecule has 0 aliphatic carbocycles. The zero-order valence-electron chi connectivity index (χ0n) is 18.1. The van der Waals surface area contributed by atoms with Crippen LogP contribution in [0.1, 0.15) is 5.56 Å². The highest BCUT2D eigenvalue weighted by molar-refractivity contribution is 7.14. The number of anilines is 1. The van der Waals surface area contributed by atoms with Crippen LogP contribution in [0.2, 0.25) is 0 Å². The first kappa shape index (κ1) is 24.2. The molecule has 3 heterocycles. The molecule has 0 spiro atoms. The SMILES string of the molecule is Cn1c(=O)c2c(CC(=O)Nc3nc(-c4ccc(OCC(F)(F)F)c(F)c4)cs3)coc2n(C)c1=O. The van der Waals surface area contributed by atoms with Crippen molar-refractivity contribution in [1.82, 2.24) is 14.1 Å². The molecule has 0 bridgehead atoms. The number of hydrogen-bond acceptors (Lipinski definition) is 7. The third-order valence-corrected chi connectivity index (χ3v) is 5.72. The minimum Gasteiger partial charge on any atom is -0.481 e. The maximum absolute atomic E-state index is 14.1. The van der Waals surface area contributed by atoms with Crippen LogP contribution in [0.3, 0.4) is 0 Å². The molecule has 3 aromatic heterocycles. The first-order valence-corrected chi connectivity index (χ1v) is 10.7. The van der Waals surface area contributed by atoms with Crippen molar-refractivity contribution in [2.75, 3.05) is 11.9 Å². The summed E-state index contributed by atoms with van der Waals surface area (Å²) in [6.07, 6.45) is -3.61. The summed E-state index contributed by atoms with van der Waals surface area (Å²) in [6.45, 7) is -1.62. The highest BCUT2D eigenvalue weighted by Gasteiger charge is 2.29. The van der Waals surface area contributed by atoms with Gasteiger partial charge in [-0.3, -0.25) is 18.7 Å². The van der Waals surface area contributed by atoms with Crippen LogP contribution >= 0.6 is 11.3 Å². The summed E-state index contributed by atoms with van der Waals surface area (Å²) in [5, 5.41) is 4.37. The largest absolute Gasteiger partial charge is 0.481 e. The number of furan rings is 1. The van der Waals surface area contributed by atoms with Crippen molar-refractivity contribution < 1.29 is 31.5 Å². The number of thiazole rings is 1. The number of ether oxygens (including phenoxy) is 1. The molecule has 0 fully saturated rings. The number of aromatic nitrogens is 3. The van der Waals surface area contributed by atoms with E-state index in [9.17, 15) is 31.9 Å². The Bertz CT molecular complexity index is 1550. The van der Waals surface area contributed by atoms with Crippen LogP contribution in [0.5, 0.6) is 5.75 Å². The highest BCUT2D eigenvalue weighted by Crippen LogP contribution is 2.29. The average molecular weight is 512 g/mol. The maximum atomic E-state index is 14.1. The Balaban J connectivity index is 1.48. The standard InChI is InChI=1S/C21H16F4N4O5S/c1-28-17(31)16-11(7-33-18(16)29(2)20(28)32)6-15(30)27-19-26-13(8-35-19)10-3-4-14(12(22)5-10)34-9-21(23,24)25/h3-5,7-8H,6,9H2,1-2H3,(H,26,27,30). The van der Waals surface area contributed by atoms with Gasteiger partial charge in [0.05, 0.1) is 18.4 Å². The molecule has 0 unspecified atom stereocenters. The number of amides is 1. The lowest BCUT2D eigenvalue weighted by Gasteiger charge is -2.10. The van der Waals surface area contributed by atoms with E-state index in [1.54, 1.807) is 0 Å². The van der Waals surface area contributed by atoms with Gasteiger partial charge in [0.15, 0.2) is 23.3 Å². The van der Waals surface area contributed by atoms with E-state index in [0.717, 1.165) is 32.6 Å². The number of alkyl halides is 3. The van der Waals surface area contributed by atoms with Gasteiger partial charge in [-0.1, -0.05) is 0 Å². The molecule has 0 saturated heterocycles. The Morgan fingerprint density at radius 1 is 1.23 bits per heavy atom. The number of rotatable bonds is 6. The minimum atomic E-state index is -4.60. The maximum Gasteiger partial charge on any atom is 0.422 e. The normalized spacial score (nSPS) is 11.7. The smallest absolute Gasteiger partial charge is 0.422 e. The molecular formula is C21H16F4N4O5S. The summed E-state index contributed by atoms with van der Waals surface area (Å²) in [6, 6.07) is 3.38. The molecule has 1 N–H and O–H groups in total. The van der Waals surface area contributed by atoms with E-state index < -0.39 is 41.5 Å². The van der Waals surface area contributed by atoms with Crippen molar-refractivity contribution in [3.05, 3.63) is 62.1 Å². The molecule has 0 atom stereocenters. The van der Waals surface area contributed by atoms with E-state index in [0.29, 0.717) is 0 Å². The molecule has 9 nitrogen and oxygen atoms in total. The van der Waals surface area contributed by atoms with Gasteiger partial charge >= 0.3 is 11.9 Å². The van der Waals surface area contributed by atoms with Gasteiger partial charge in [0, 0.05) is 30.6 Å². The molecule has 4 rings (SSSR count). The zero-order chi connectivity index (χ0) is 25.5. The second kappa shape index (κ2) is 9.02. The van der Waals surface area contributed by atoms with E-state index in [1.807, 2.05) is 0 Å². The van der Waals surface area contributed by atoms with Crippen molar-refractivity contribution in [1.29, 1.82) is 0 Å². The molecule has 14 heteroatoms. The van der Waals surface area contributed by atoms with Gasteiger partial charge in [0.25, 0.3) is 5.56 Å². The minimum absolute atomic E-state index is 0.0436. The van der Waals surface area contributed by atoms with Crippen molar-refractivity contribution in [2.45, 2.75) is 12.6 Å². The number of aryl methyl sites for hydroxylation is 1. The Kier molecular flexibility index (Phi) is 6.23. The fraction of sp³-hybridized carbons (Fsp3) is 0.238. The Morgan fingerprint density at radius 3 is 2.66 bits per heavy atom. The molecule has 4 aromatic rings. The number of hydrogen-bond donors (Lipinski definition) is 1. The van der Waals surface area contributed by atoms with Gasteiger partial charge in [-0.2, -0.15) is 13.2 Å². The topological polar surface area (TPSA) is 108 Å². The number of halogens is 4. The predicted octanol–water partition coefficient (Wildman–Crippen LogP) is 3.22. The van der Waals surface area contributed by atoms with Gasteiger partial charge in [-0.15, -0.1) is 11.3 Å². The summed E-state index contributed by atoms with van der Waals surface area (Å²) < 4.78 is 62.7. The van der Waals surface area contributed by atoms with Gasteiger partial charge < -0.3 is 14.5 Å². The molecule has 35 heavy (non-hydrogen) atoms. The van der Waals surface area contributed by atoms with Crippen LogP contribution < -0.4 is 21.3 Å². The van der Waals surface area contributed by atoms with Gasteiger partial charge in [-0.05, 0) is 18.2 Å². The molecule has 184 valence electrons. The average Bonchev–Trinajstić information content (AvgIpc) is 3.42. The summed E-state index contributed by atoms with van der Waals surface area (Å²) >= 11 is 1.04. The van der Waals surface area contributed by atoms with Crippen LogP contribution in [0.25, 0.3) is 22.4 Å². The van der Waals surface area contributed by atoms with Gasteiger partial charge in [0.2, 0.25) is 11.6 Å². The summed E-state index contributed by atoms with van der Waals surface area (Å²) in [7, 11) is 2.75. The molecule has 0 radical (unpaired) electrons. The lowest BCUT2D eigenvalue weighted by molar-refractivity contribution is -0.153. The molecular weight excluding hydrogens is 496 g/mol. The molecule has 0 aliphatic rings. The van der Waals surface area contributed by atoms with E-state index >= 15 is 0 Å². The van der Waals surface area contributed by atoms with Crippen LogP contribution in [0, 0.1) is 5.82 Å². The van der Waals surface area contributed by atoms with Crippen LogP contribution in [0.4, 0.5) is 22.7 Å². The van der Waals surface area contributed by atoms with Crippen LogP contribution in [-0.2, 0) is 25.3 Å². The van der Waals surface area contributed by atoms with Gasteiger partial charge in [-0.25, -0.2) is 14.2 Å². The number of carbonyl (C=O) groups is 1. The fourth-order valence-electron chi connectivity index (χ4n) is 3.29. The second-order valence-corrected chi connectivity index (χ2v) is 8.32. The third kappa shape index (κ3) is 4.96. The van der Waals surface area contributed by atoms with Crippen molar-refractivity contribution in [3.8, 4) is 17.0 Å². The number of benzene rings is 1. The third-order valence-electron chi connectivity index (χ3n) is 4.97. The van der Waals surface area contributed by atoms with Crippen molar-refractivity contribution >= 4 is 33.5 Å². The van der Waals surface area contributed by atoms with E-state index in [1.165, 1.54) is 31.8 Å². The molecule has 1 aromatic carbocycles.